The van der Waals surface area contributed by atoms with E-state index < -0.39 is 5.60 Å². The quantitative estimate of drug-likeness (QED) is 0.920. The number of hydrogen-bond acceptors (Lipinski definition) is 3. The third-order valence-electron chi connectivity index (χ3n) is 3.98. The highest BCUT2D eigenvalue weighted by molar-refractivity contribution is 5.86. The Labute approximate surface area is 131 Å². The van der Waals surface area contributed by atoms with Gasteiger partial charge in [-0.05, 0) is 55.3 Å². The molecule has 0 radical (unpaired) electrons. The summed E-state index contributed by atoms with van der Waals surface area (Å²) < 4.78 is 10.4. The first-order chi connectivity index (χ1) is 10.4. The van der Waals surface area contributed by atoms with E-state index in [-0.39, 0.29) is 11.9 Å². The van der Waals surface area contributed by atoms with Crippen molar-refractivity contribution in [3.63, 3.8) is 0 Å². The van der Waals surface area contributed by atoms with Gasteiger partial charge in [-0.2, -0.15) is 0 Å². The molecule has 2 aromatic carbocycles. The molecule has 0 aliphatic heterocycles. The smallest absolute Gasteiger partial charge is 0.252 e. The third kappa shape index (κ3) is 3.39. The molecule has 22 heavy (non-hydrogen) atoms. The third-order valence-corrected chi connectivity index (χ3v) is 3.98. The van der Waals surface area contributed by atoms with Crippen LogP contribution in [0.5, 0.6) is 5.75 Å². The van der Waals surface area contributed by atoms with E-state index in [1.807, 2.05) is 37.3 Å². The maximum absolute atomic E-state index is 12.2. The van der Waals surface area contributed by atoms with E-state index in [4.69, 9.17) is 9.47 Å². The van der Waals surface area contributed by atoms with Gasteiger partial charge in [-0.1, -0.05) is 18.2 Å². The Balaban J connectivity index is 2.22. The highest BCUT2D eigenvalue weighted by Gasteiger charge is 2.28. The molecule has 2 rings (SSSR count). The Morgan fingerprint density at radius 2 is 1.73 bits per heavy atom. The van der Waals surface area contributed by atoms with Gasteiger partial charge in [0.05, 0.1) is 13.2 Å². The van der Waals surface area contributed by atoms with E-state index in [1.54, 1.807) is 21.0 Å². The lowest BCUT2D eigenvalue weighted by Crippen LogP contribution is -2.44. The number of nitrogens with one attached hydrogen (secondary N) is 1. The average molecular weight is 301 g/mol. The molecule has 0 bridgehead atoms. The Hall–Kier alpha value is -2.07. The van der Waals surface area contributed by atoms with Crippen LogP contribution in [0, 0.1) is 0 Å². The number of rotatable bonds is 5. The Kier molecular flexibility index (Phi) is 4.71. The molecule has 4 nitrogen and oxygen atoms in total. The second-order valence-corrected chi connectivity index (χ2v) is 5.88. The van der Waals surface area contributed by atoms with Gasteiger partial charge in [0.25, 0.3) is 5.91 Å². The molecule has 2 aromatic rings. The van der Waals surface area contributed by atoms with Crippen LogP contribution in [0.1, 0.15) is 32.4 Å². The van der Waals surface area contributed by atoms with Crippen LogP contribution >= 0.6 is 0 Å². The van der Waals surface area contributed by atoms with Crippen LogP contribution in [-0.2, 0) is 9.53 Å². The monoisotopic (exact) mass is 301 g/mol. The number of fused-ring (bicyclic) bond motifs is 1. The van der Waals surface area contributed by atoms with Gasteiger partial charge >= 0.3 is 0 Å². The maximum atomic E-state index is 12.2. The van der Waals surface area contributed by atoms with E-state index in [9.17, 15) is 4.79 Å². The molecule has 1 unspecified atom stereocenters. The molecule has 0 spiro atoms. The fraction of sp³-hybridized carbons (Fsp3) is 0.389. The van der Waals surface area contributed by atoms with Gasteiger partial charge in [0.1, 0.15) is 11.4 Å². The van der Waals surface area contributed by atoms with Crippen LogP contribution < -0.4 is 10.1 Å². The van der Waals surface area contributed by atoms with Crippen molar-refractivity contribution in [1.82, 2.24) is 5.32 Å². The molecule has 0 aromatic heterocycles. The molecule has 4 heteroatoms. The fourth-order valence-electron chi connectivity index (χ4n) is 2.19. The van der Waals surface area contributed by atoms with Gasteiger partial charge in [-0.3, -0.25) is 4.79 Å². The number of hydrogen-bond donors (Lipinski definition) is 1. The van der Waals surface area contributed by atoms with Gasteiger partial charge in [0.2, 0.25) is 0 Å². The molecule has 0 heterocycles. The first-order valence-electron chi connectivity index (χ1n) is 7.31. The first kappa shape index (κ1) is 16.3. The molecule has 1 N–H and O–H groups in total. The largest absolute Gasteiger partial charge is 0.497 e. The van der Waals surface area contributed by atoms with Crippen LogP contribution in [0.4, 0.5) is 0 Å². The molecule has 0 aliphatic rings. The van der Waals surface area contributed by atoms with Gasteiger partial charge in [-0.15, -0.1) is 0 Å². The minimum atomic E-state index is -0.835. The Bertz CT molecular complexity index is 679. The summed E-state index contributed by atoms with van der Waals surface area (Å²) in [4.78, 5) is 12.2. The predicted molar refractivity (Wildman–Crippen MR) is 88.1 cm³/mol. The lowest BCUT2D eigenvalue weighted by atomic mass is 10.0. The van der Waals surface area contributed by atoms with Crippen molar-refractivity contribution in [2.75, 3.05) is 14.2 Å². The SMILES string of the molecule is COc1ccc2cc(C(C)NC(=O)C(C)(C)OC)ccc2c1. The van der Waals surface area contributed by atoms with E-state index in [1.165, 1.54) is 7.11 Å². The summed E-state index contributed by atoms with van der Waals surface area (Å²) in [5.41, 5.74) is 0.219. The summed E-state index contributed by atoms with van der Waals surface area (Å²) in [5.74, 6) is 0.709. The average Bonchev–Trinajstić information content (AvgIpc) is 2.53. The van der Waals surface area contributed by atoms with Crippen molar-refractivity contribution in [2.24, 2.45) is 0 Å². The number of carbonyl (C=O) groups excluding carboxylic acids is 1. The van der Waals surface area contributed by atoms with Gasteiger partial charge in [0, 0.05) is 7.11 Å². The maximum Gasteiger partial charge on any atom is 0.252 e. The van der Waals surface area contributed by atoms with E-state index in [0.29, 0.717) is 0 Å². The zero-order valence-electron chi connectivity index (χ0n) is 13.8. The van der Waals surface area contributed by atoms with Crippen molar-refractivity contribution < 1.29 is 14.3 Å². The first-order valence-corrected chi connectivity index (χ1v) is 7.31. The summed E-state index contributed by atoms with van der Waals surface area (Å²) in [6, 6.07) is 12.0. The highest BCUT2D eigenvalue weighted by Crippen LogP contribution is 2.24. The van der Waals surface area contributed by atoms with Gasteiger partial charge < -0.3 is 14.8 Å². The van der Waals surface area contributed by atoms with Crippen LogP contribution in [0.3, 0.4) is 0 Å². The van der Waals surface area contributed by atoms with Crippen molar-refractivity contribution in [2.45, 2.75) is 32.4 Å². The molecule has 0 fully saturated rings. The van der Waals surface area contributed by atoms with Gasteiger partial charge in [-0.25, -0.2) is 0 Å². The van der Waals surface area contributed by atoms with Gasteiger partial charge in [0.15, 0.2) is 0 Å². The van der Waals surface area contributed by atoms with Crippen LogP contribution in [0.25, 0.3) is 10.8 Å². The number of methoxy groups -OCH3 is 2. The van der Waals surface area contributed by atoms with Crippen LogP contribution in [-0.4, -0.2) is 25.7 Å². The highest BCUT2D eigenvalue weighted by atomic mass is 16.5. The van der Waals surface area contributed by atoms with Crippen molar-refractivity contribution in [1.29, 1.82) is 0 Å². The van der Waals surface area contributed by atoms with Crippen molar-refractivity contribution >= 4 is 16.7 Å². The number of carbonyl (C=O) groups is 1. The Morgan fingerprint density at radius 3 is 2.36 bits per heavy atom. The fourth-order valence-corrected chi connectivity index (χ4v) is 2.19. The molecular formula is C18H23NO3. The zero-order chi connectivity index (χ0) is 16.3. The number of ether oxygens (including phenoxy) is 2. The summed E-state index contributed by atoms with van der Waals surface area (Å²) in [6.07, 6.45) is 0. The molecule has 1 atom stereocenters. The minimum Gasteiger partial charge on any atom is -0.497 e. The second-order valence-electron chi connectivity index (χ2n) is 5.88. The van der Waals surface area contributed by atoms with E-state index >= 15 is 0 Å². The number of amides is 1. The van der Waals surface area contributed by atoms with Crippen LogP contribution in [0.15, 0.2) is 36.4 Å². The summed E-state index contributed by atoms with van der Waals surface area (Å²) >= 11 is 0. The predicted octanol–water partition coefficient (Wildman–Crippen LogP) is 3.45. The topological polar surface area (TPSA) is 47.6 Å². The normalized spacial score (nSPS) is 13.0. The summed E-state index contributed by atoms with van der Waals surface area (Å²) in [6.45, 7) is 5.47. The lowest BCUT2D eigenvalue weighted by Gasteiger charge is -2.24. The molecule has 0 aliphatic carbocycles. The lowest BCUT2D eigenvalue weighted by molar-refractivity contribution is -0.140. The molecular weight excluding hydrogens is 278 g/mol. The summed E-state index contributed by atoms with van der Waals surface area (Å²) in [7, 11) is 3.19. The summed E-state index contributed by atoms with van der Waals surface area (Å²) in [5, 5.41) is 5.21. The standard InChI is InChI=1S/C18H23NO3/c1-12(19-17(20)18(2,3)22-5)13-6-7-15-11-16(21-4)9-8-14(15)10-13/h6-12H,1-5H3,(H,19,20). The minimum absolute atomic E-state index is 0.0894. The Morgan fingerprint density at radius 1 is 1.09 bits per heavy atom. The molecule has 0 saturated heterocycles. The second kappa shape index (κ2) is 6.36. The molecule has 118 valence electrons. The zero-order valence-corrected chi connectivity index (χ0v) is 13.8. The van der Waals surface area contributed by atoms with Crippen molar-refractivity contribution in [3.8, 4) is 5.75 Å². The van der Waals surface area contributed by atoms with E-state index in [2.05, 4.69) is 11.4 Å². The van der Waals surface area contributed by atoms with Crippen LogP contribution in [0.2, 0.25) is 0 Å². The van der Waals surface area contributed by atoms with Crippen molar-refractivity contribution in [3.05, 3.63) is 42.0 Å². The molecule has 1 amide bonds. The van der Waals surface area contributed by atoms with E-state index in [0.717, 1.165) is 22.1 Å². The number of benzene rings is 2. The molecule has 0 saturated carbocycles.